The minimum absolute atomic E-state index is 0.183. The van der Waals surface area contributed by atoms with Gasteiger partial charge in [-0.15, -0.1) is 0 Å². The van der Waals surface area contributed by atoms with Gasteiger partial charge in [0.1, 0.15) is 5.75 Å². The monoisotopic (exact) mass is 394 g/mol. The van der Waals surface area contributed by atoms with E-state index in [2.05, 4.69) is 20.6 Å². The molecule has 0 aliphatic carbocycles. The maximum absolute atomic E-state index is 12.2. The minimum atomic E-state index is -4.34. The second-order valence-electron chi connectivity index (χ2n) is 6.22. The van der Waals surface area contributed by atoms with Gasteiger partial charge in [0.05, 0.1) is 6.54 Å². The highest BCUT2D eigenvalue weighted by Crippen LogP contribution is 2.19. The number of hydrogen-bond acceptors (Lipinski definition) is 3. The molecule has 0 saturated heterocycles. The van der Waals surface area contributed by atoms with Gasteiger partial charge in [-0.25, -0.2) is 4.99 Å². The van der Waals surface area contributed by atoms with Crippen LogP contribution in [0, 0.1) is 6.92 Å². The zero-order valence-electron chi connectivity index (χ0n) is 16.0. The smallest absolute Gasteiger partial charge is 0.422 e. The third-order valence-electron chi connectivity index (χ3n) is 3.91. The molecule has 0 aliphatic rings. The van der Waals surface area contributed by atoms with Crippen molar-refractivity contribution in [2.24, 2.45) is 4.99 Å². The minimum Gasteiger partial charge on any atom is -0.484 e. The predicted molar refractivity (Wildman–Crippen MR) is 103 cm³/mol. The summed E-state index contributed by atoms with van der Waals surface area (Å²) in [6, 6.07) is 8.45. The molecular formula is C20H25F3N4O. The van der Waals surface area contributed by atoms with Crippen molar-refractivity contribution >= 4 is 5.96 Å². The number of alkyl halides is 3. The van der Waals surface area contributed by atoms with Crippen LogP contribution in [0.25, 0.3) is 0 Å². The van der Waals surface area contributed by atoms with Crippen LogP contribution in [0.1, 0.15) is 23.6 Å². The molecular weight excluding hydrogens is 369 g/mol. The van der Waals surface area contributed by atoms with E-state index < -0.39 is 12.8 Å². The van der Waals surface area contributed by atoms with Crippen molar-refractivity contribution in [3.8, 4) is 5.75 Å². The van der Waals surface area contributed by atoms with Crippen LogP contribution in [-0.2, 0) is 13.0 Å². The van der Waals surface area contributed by atoms with Crippen LogP contribution < -0.4 is 15.4 Å². The number of guanidine groups is 1. The van der Waals surface area contributed by atoms with Crippen LogP contribution in [0.5, 0.6) is 5.75 Å². The van der Waals surface area contributed by atoms with Gasteiger partial charge in [-0.2, -0.15) is 13.2 Å². The van der Waals surface area contributed by atoms with Gasteiger partial charge in [0, 0.05) is 25.5 Å². The van der Waals surface area contributed by atoms with Gasteiger partial charge in [-0.1, -0.05) is 12.1 Å². The first-order valence-corrected chi connectivity index (χ1v) is 9.07. The van der Waals surface area contributed by atoms with E-state index in [0.29, 0.717) is 12.5 Å². The fourth-order valence-corrected chi connectivity index (χ4v) is 2.47. The van der Waals surface area contributed by atoms with Crippen LogP contribution in [0.3, 0.4) is 0 Å². The molecule has 2 N–H and O–H groups in total. The Morgan fingerprint density at radius 3 is 2.54 bits per heavy atom. The summed E-state index contributed by atoms with van der Waals surface area (Å²) in [6.07, 6.45) is 0.134. The molecule has 1 aromatic carbocycles. The summed E-state index contributed by atoms with van der Waals surface area (Å²) < 4.78 is 41.2. The molecule has 0 fully saturated rings. The first kappa shape index (κ1) is 21.5. The molecule has 8 heteroatoms. The van der Waals surface area contributed by atoms with E-state index in [-0.39, 0.29) is 5.75 Å². The number of pyridine rings is 1. The molecule has 0 radical (unpaired) electrons. The average molecular weight is 394 g/mol. The number of benzene rings is 1. The van der Waals surface area contributed by atoms with Crippen molar-refractivity contribution < 1.29 is 17.9 Å². The third kappa shape index (κ3) is 7.85. The lowest BCUT2D eigenvalue weighted by Gasteiger charge is -2.12. The summed E-state index contributed by atoms with van der Waals surface area (Å²) in [4.78, 5) is 8.60. The van der Waals surface area contributed by atoms with Crippen molar-refractivity contribution in [1.29, 1.82) is 0 Å². The van der Waals surface area contributed by atoms with Gasteiger partial charge >= 0.3 is 6.18 Å². The second-order valence-corrected chi connectivity index (χ2v) is 6.22. The Labute approximate surface area is 163 Å². The Morgan fingerprint density at radius 1 is 1.14 bits per heavy atom. The lowest BCUT2D eigenvalue weighted by Crippen LogP contribution is -2.38. The number of ether oxygens (including phenoxy) is 1. The number of aryl methyl sites for hydroxylation is 1. The molecule has 1 heterocycles. The molecule has 0 spiro atoms. The van der Waals surface area contributed by atoms with Gasteiger partial charge in [0.2, 0.25) is 0 Å². The normalized spacial score (nSPS) is 12.0. The molecule has 0 aliphatic heterocycles. The molecule has 0 bridgehead atoms. The Morgan fingerprint density at radius 2 is 1.89 bits per heavy atom. The maximum Gasteiger partial charge on any atom is 0.422 e. The fraction of sp³-hybridized carbons (Fsp3) is 0.400. The van der Waals surface area contributed by atoms with E-state index in [0.717, 1.165) is 30.6 Å². The van der Waals surface area contributed by atoms with Gasteiger partial charge < -0.3 is 15.4 Å². The van der Waals surface area contributed by atoms with E-state index >= 15 is 0 Å². The zero-order chi connectivity index (χ0) is 20.4. The summed E-state index contributed by atoms with van der Waals surface area (Å²) in [5.74, 6) is 0.870. The molecule has 0 unspecified atom stereocenters. The van der Waals surface area contributed by atoms with E-state index in [1.807, 2.05) is 26.1 Å². The Bertz CT molecular complexity index is 761. The number of aliphatic imine (C=N–C) groups is 1. The van der Waals surface area contributed by atoms with E-state index in [9.17, 15) is 13.2 Å². The first-order chi connectivity index (χ1) is 13.4. The molecule has 2 aromatic rings. The molecule has 1 aromatic heterocycles. The molecule has 0 atom stereocenters. The Balaban J connectivity index is 1.86. The standard InChI is InChI=1S/C20H25F3N4O/c1-3-25-19(26-11-9-17-8-10-24-12-15(17)2)27-13-16-4-6-18(7-5-16)28-14-20(21,22)23/h4-8,10,12H,3,9,11,13-14H2,1-2H3,(H2,25,26,27). The highest BCUT2D eigenvalue weighted by atomic mass is 19.4. The Hall–Kier alpha value is -2.77. The van der Waals surface area contributed by atoms with Crippen molar-refractivity contribution in [2.75, 3.05) is 19.7 Å². The average Bonchev–Trinajstić information content (AvgIpc) is 2.66. The van der Waals surface area contributed by atoms with Gasteiger partial charge in [0.15, 0.2) is 12.6 Å². The maximum atomic E-state index is 12.2. The quantitative estimate of drug-likeness (QED) is 0.530. The third-order valence-corrected chi connectivity index (χ3v) is 3.91. The van der Waals surface area contributed by atoms with Gasteiger partial charge in [0.25, 0.3) is 0 Å². The molecule has 0 amide bonds. The molecule has 0 saturated carbocycles. The summed E-state index contributed by atoms with van der Waals surface area (Å²) >= 11 is 0. The van der Waals surface area contributed by atoms with Crippen molar-refractivity contribution in [3.63, 3.8) is 0 Å². The summed E-state index contributed by atoms with van der Waals surface area (Å²) in [5.41, 5.74) is 3.26. The topological polar surface area (TPSA) is 58.5 Å². The number of rotatable bonds is 8. The van der Waals surface area contributed by atoms with Crippen LogP contribution in [-0.4, -0.2) is 36.8 Å². The molecule has 28 heavy (non-hydrogen) atoms. The van der Waals surface area contributed by atoms with Crippen molar-refractivity contribution in [3.05, 3.63) is 59.4 Å². The largest absolute Gasteiger partial charge is 0.484 e. The second kappa shape index (κ2) is 10.5. The predicted octanol–water partition coefficient (Wildman–Crippen LogP) is 3.63. The van der Waals surface area contributed by atoms with Crippen molar-refractivity contribution in [2.45, 2.75) is 33.0 Å². The number of hydrogen-bond donors (Lipinski definition) is 2. The number of nitrogens with zero attached hydrogens (tertiary/aromatic N) is 2. The molecule has 2 rings (SSSR count). The summed E-state index contributed by atoms with van der Waals surface area (Å²) in [7, 11) is 0. The lowest BCUT2D eigenvalue weighted by atomic mass is 10.1. The number of nitrogens with one attached hydrogen (secondary N) is 2. The van der Waals surface area contributed by atoms with E-state index in [1.165, 1.54) is 17.7 Å². The zero-order valence-corrected chi connectivity index (χ0v) is 16.0. The number of aromatic nitrogens is 1. The van der Waals surface area contributed by atoms with Crippen molar-refractivity contribution in [1.82, 2.24) is 15.6 Å². The van der Waals surface area contributed by atoms with E-state index in [4.69, 9.17) is 4.74 Å². The Kier molecular flexibility index (Phi) is 8.10. The molecule has 5 nitrogen and oxygen atoms in total. The summed E-state index contributed by atoms with van der Waals surface area (Å²) in [5, 5.41) is 6.46. The lowest BCUT2D eigenvalue weighted by molar-refractivity contribution is -0.153. The van der Waals surface area contributed by atoms with Gasteiger partial charge in [-0.3, -0.25) is 4.98 Å². The number of halogens is 3. The molecule has 152 valence electrons. The van der Waals surface area contributed by atoms with E-state index in [1.54, 1.807) is 18.3 Å². The van der Waals surface area contributed by atoms with Crippen LogP contribution in [0.2, 0.25) is 0 Å². The fourth-order valence-electron chi connectivity index (χ4n) is 2.47. The highest BCUT2D eigenvalue weighted by molar-refractivity contribution is 5.79. The SMILES string of the molecule is CCNC(=NCc1ccc(OCC(F)(F)F)cc1)NCCc1ccncc1C. The summed E-state index contributed by atoms with van der Waals surface area (Å²) in [6.45, 7) is 4.57. The first-order valence-electron chi connectivity index (χ1n) is 9.07. The van der Waals surface area contributed by atoms with Gasteiger partial charge in [-0.05, 0) is 55.2 Å². The van der Waals surface area contributed by atoms with Crippen LogP contribution in [0.4, 0.5) is 13.2 Å². The highest BCUT2D eigenvalue weighted by Gasteiger charge is 2.28. The van der Waals surface area contributed by atoms with Crippen LogP contribution >= 0.6 is 0 Å². The van der Waals surface area contributed by atoms with Crippen LogP contribution in [0.15, 0.2) is 47.7 Å².